The summed E-state index contributed by atoms with van der Waals surface area (Å²) in [4.78, 5) is 72.9. The van der Waals surface area contributed by atoms with E-state index in [-0.39, 0.29) is 30.3 Å². The third kappa shape index (κ3) is 7.79. The highest BCUT2D eigenvalue weighted by molar-refractivity contribution is 5.98. The molecule has 0 bridgehead atoms. The summed E-state index contributed by atoms with van der Waals surface area (Å²) < 4.78 is 21.9. The Labute approximate surface area is 292 Å². The van der Waals surface area contributed by atoms with Crippen molar-refractivity contribution in [1.82, 2.24) is 25.8 Å². The first-order valence-electron chi connectivity index (χ1n) is 16.5. The lowest BCUT2D eigenvalue weighted by atomic mass is 9.85. The Balaban J connectivity index is 1.74. The molecule has 2 aliphatic rings. The van der Waals surface area contributed by atoms with E-state index in [0.717, 1.165) is 0 Å². The third-order valence-electron chi connectivity index (χ3n) is 8.98. The monoisotopic (exact) mass is 695 g/mol. The molecule has 2 fully saturated rings. The smallest absolute Gasteiger partial charge is 0.356 e. The standard InChI is InChI=1S/C36H49N5O9/c1-12-20-17-36(20,32(45)49-11)39-29(42)24-15-21(18-41(24)30(43)28(34(3,4)5)38-33(46)40-35(6,7)8)50-26-16-23(31(44)48-10)37-27-19(2)25(47-9)14-13-22(26)27/h12-14,16,20-21,24,28H,1,15,17-18H2,2-11H3,(H,39,42)(H2,38,40,46)/t20-,21-,24?,28?,36-/m1/s1. The molecule has 1 aromatic carbocycles. The fourth-order valence-corrected chi connectivity index (χ4v) is 6.27. The molecule has 4 amide bonds. The number of nitrogens with one attached hydrogen (secondary N) is 3. The van der Waals surface area contributed by atoms with Crippen molar-refractivity contribution in [2.75, 3.05) is 27.9 Å². The second kappa shape index (κ2) is 14.2. The van der Waals surface area contributed by atoms with Crippen LogP contribution in [0.1, 0.15) is 70.4 Å². The van der Waals surface area contributed by atoms with Gasteiger partial charge in [-0.25, -0.2) is 19.4 Å². The van der Waals surface area contributed by atoms with E-state index in [1.54, 1.807) is 25.1 Å². The summed E-state index contributed by atoms with van der Waals surface area (Å²) in [5, 5.41) is 9.05. The van der Waals surface area contributed by atoms with E-state index in [4.69, 9.17) is 18.9 Å². The number of rotatable bonds is 10. The SMILES string of the molecule is C=C[C@@H]1C[C@]1(NC(=O)C1C[C@@H](Oc2cc(C(=O)OC)nc3c(C)c(OC)ccc23)CN1C(=O)C(NC(=O)NC(C)(C)C)C(C)(C)C)C(=O)OC. The number of methoxy groups -OCH3 is 3. The topological polar surface area (TPSA) is 174 Å². The van der Waals surface area contributed by atoms with Crippen LogP contribution in [0, 0.1) is 18.3 Å². The van der Waals surface area contributed by atoms with Gasteiger partial charge < -0.3 is 39.8 Å². The molecule has 0 spiro atoms. The van der Waals surface area contributed by atoms with Gasteiger partial charge in [-0.2, -0.15) is 0 Å². The number of aromatic nitrogens is 1. The van der Waals surface area contributed by atoms with Gasteiger partial charge in [0.25, 0.3) is 0 Å². The summed E-state index contributed by atoms with van der Waals surface area (Å²) in [5.41, 5.74) is -1.52. The van der Waals surface area contributed by atoms with Gasteiger partial charge in [-0.05, 0) is 51.7 Å². The molecule has 1 aliphatic heterocycles. The molecule has 1 aromatic heterocycles. The number of pyridine rings is 1. The van der Waals surface area contributed by atoms with Crippen LogP contribution in [0.15, 0.2) is 30.9 Å². The zero-order valence-corrected chi connectivity index (χ0v) is 30.5. The Morgan fingerprint density at radius 3 is 2.26 bits per heavy atom. The minimum Gasteiger partial charge on any atom is -0.496 e. The molecule has 1 saturated carbocycles. The summed E-state index contributed by atoms with van der Waals surface area (Å²) in [6, 6.07) is 2.29. The maximum atomic E-state index is 14.5. The molecule has 4 rings (SSSR count). The van der Waals surface area contributed by atoms with Crippen molar-refractivity contribution in [3.63, 3.8) is 0 Å². The van der Waals surface area contributed by atoms with Gasteiger partial charge in [0.05, 0.1) is 33.4 Å². The van der Waals surface area contributed by atoms with E-state index in [0.29, 0.717) is 28.6 Å². The van der Waals surface area contributed by atoms with E-state index < -0.39 is 64.5 Å². The van der Waals surface area contributed by atoms with Crippen molar-refractivity contribution in [1.29, 1.82) is 0 Å². The molecule has 1 saturated heterocycles. The van der Waals surface area contributed by atoms with Crippen LogP contribution in [0.2, 0.25) is 0 Å². The number of carbonyl (C=O) groups is 5. The number of carbonyl (C=O) groups excluding carboxylic acids is 5. The van der Waals surface area contributed by atoms with Crippen molar-refractivity contribution in [2.45, 2.75) is 90.6 Å². The first kappa shape index (κ1) is 37.9. The minimum atomic E-state index is -1.30. The molecule has 2 aromatic rings. The lowest BCUT2D eigenvalue weighted by Crippen LogP contribution is -2.61. The molecule has 5 atom stereocenters. The number of amides is 4. The first-order chi connectivity index (χ1) is 23.3. The Bertz CT molecular complexity index is 1700. The van der Waals surface area contributed by atoms with Gasteiger partial charge in [0.15, 0.2) is 5.69 Å². The molecule has 2 heterocycles. The van der Waals surface area contributed by atoms with Crippen molar-refractivity contribution >= 4 is 40.7 Å². The number of hydrogen-bond donors (Lipinski definition) is 3. The fraction of sp³-hybridized carbons (Fsp3) is 0.556. The molecule has 14 nitrogen and oxygen atoms in total. The zero-order valence-electron chi connectivity index (χ0n) is 30.5. The van der Waals surface area contributed by atoms with Crippen LogP contribution < -0.4 is 25.4 Å². The van der Waals surface area contributed by atoms with Crippen LogP contribution in [-0.4, -0.2) is 96.8 Å². The van der Waals surface area contributed by atoms with Gasteiger partial charge in [0.1, 0.15) is 35.2 Å². The van der Waals surface area contributed by atoms with Crippen LogP contribution in [0.4, 0.5) is 4.79 Å². The Kier molecular flexibility index (Phi) is 10.7. The number of esters is 2. The normalized spacial score (nSPS) is 22.2. The maximum Gasteiger partial charge on any atom is 0.356 e. The number of hydrogen-bond acceptors (Lipinski definition) is 10. The predicted octanol–water partition coefficient (Wildman–Crippen LogP) is 3.43. The fourth-order valence-electron chi connectivity index (χ4n) is 6.27. The molecule has 0 radical (unpaired) electrons. The van der Waals surface area contributed by atoms with Gasteiger partial charge >= 0.3 is 18.0 Å². The van der Waals surface area contributed by atoms with E-state index in [1.807, 2.05) is 41.5 Å². The van der Waals surface area contributed by atoms with E-state index in [9.17, 15) is 24.0 Å². The van der Waals surface area contributed by atoms with Crippen LogP contribution in [0.3, 0.4) is 0 Å². The van der Waals surface area contributed by atoms with Crippen molar-refractivity contribution in [2.24, 2.45) is 11.3 Å². The van der Waals surface area contributed by atoms with Crippen LogP contribution in [-0.2, 0) is 23.9 Å². The highest BCUT2D eigenvalue weighted by atomic mass is 16.5. The van der Waals surface area contributed by atoms with Crippen LogP contribution >= 0.6 is 0 Å². The Morgan fingerprint density at radius 2 is 1.72 bits per heavy atom. The number of aryl methyl sites for hydroxylation is 1. The highest BCUT2D eigenvalue weighted by Crippen LogP contribution is 2.46. The molecule has 3 N–H and O–H groups in total. The Morgan fingerprint density at radius 1 is 1.04 bits per heavy atom. The summed E-state index contributed by atoms with van der Waals surface area (Å²) in [6.45, 7) is 16.4. The summed E-state index contributed by atoms with van der Waals surface area (Å²) in [7, 11) is 4.02. The predicted molar refractivity (Wildman–Crippen MR) is 185 cm³/mol. The molecule has 2 unspecified atom stereocenters. The van der Waals surface area contributed by atoms with Crippen molar-refractivity contribution in [3.05, 3.63) is 42.1 Å². The highest BCUT2D eigenvalue weighted by Gasteiger charge is 2.62. The summed E-state index contributed by atoms with van der Waals surface area (Å²) in [5.74, 6) is -1.89. The second-order valence-electron chi connectivity index (χ2n) is 14.9. The van der Waals surface area contributed by atoms with Crippen molar-refractivity contribution < 1.29 is 42.9 Å². The van der Waals surface area contributed by atoms with Gasteiger partial charge in [-0.3, -0.25) is 9.59 Å². The quantitative estimate of drug-likeness (QED) is 0.247. The summed E-state index contributed by atoms with van der Waals surface area (Å²) >= 11 is 0. The summed E-state index contributed by atoms with van der Waals surface area (Å²) in [6.07, 6.45) is 1.17. The Hall–Kier alpha value is -4.88. The molecule has 1 aliphatic carbocycles. The van der Waals surface area contributed by atoms with E-state index in [2.05, 4.69) is 27.5 Å². The lowest BCUT2D eigenvalue weighted by molar-refractivity contribution is -0.148. The number of urea groups is 1. The number of benzene rings is 1. The number of fused-ring (bicyclic) bond motifs is 1. The molecule has 272 valence electrons. The van der Waals surface area contributed by atoms with Gasteiger partial charge in [-0.1, -0.05) is 26.8 Å². The molecule has 14 heteroatoms. The number of ether oxygens (including phenoxy) is 4. The number of likely N-dealkylation sites (tertiary alicyclic amines) is 1. The average molecular weight is 696 g/mol. The van der Waals surface area contributed by atoms with Crippen LogP contribution in [0.5, 0.6) is 11.5 Å². The first-order valence-corrected chi connectivity index (χ1v) is 16.5. The minimum absolute atomic E-state index is 0.00217. The second-order valence-corrected chi connectivity index (χ2v) is 14.9. The number of nitrogens with zero attached hydrogens (tertiary/aromatic N) is 2. The third-order valence-corrected chi connectivity index (χ3v) is 8.98. The molecular formula is C36H49N5O9. The maximum absolute atomic E-state index is 14.5. The van der Waals surface area contributed by atoms with E-state index >= 15 is 0 Å². The van der Waals surface area contributed by atoms with Gasteiger partial charge in [0.2, 0.25) is 11.8 Å². The zero-order chi connectivity index (χ0) is 37.3. The lowest BCUT2D eigenvalue weighted by Gasteiger charge is -2.36. The van der Waals surface area contributed by atoms with Gasteiger partial charge in [0, 0.05) is 34.9 Å². The molecular weight excluding hydrogens is 646 g/mol. The van der Waals surface area contributed by atoms with Crippen molar-refractivity contribution in [3.8, 4) is 11.5 Å². The largest absolute Gasteiger partial charge is 0.496 e. The average Bonchev–Trinajstić information content (AvgIpc) is 3.59. The van der Waals surface area contributed by atoms with E-state index in [1.165, 1.54) is 32.3 Å². The van der Waals surface area contributed by atoms with Crippen LogP contribution in [0.25, 0.3) is 10.9 Å². The molecule has 50 heavy (non-hydrogen) atoms. The van der Waals surface area contributed by atoms with Gasteiger partial charge in [-0.15, -0.1) is 6.58 Å².